The van der Waals surface area contributed by atoms with Crippen LogP contribution in [-0.2, 0) is 15.8 Å². The molecule has 0 unspecified atom stereocenters. The lowest BCUT2D eigenvalue weighted by Crippen LogP contribution is -2.35. The van der Waals surface area contributed by atoms with Crippen LogP contribution in [0.25, 0.3) is 0 Å². The first-order valence-corrected chi connectivity index (χ1v) is 13.6. The summed E-state index contributed by atoms with van der Waals surface area (Å²) >= 11 is 13.5. The van der Waals surface area contributed by atoms with Crippen LogP contribution in [0.15, 0.2) is 52.4 Å². The lowest BCUT2D eigenvalue weighted by atomic mass is 10.2. The van der Waals surface area contributed by atoms with Gasteiger partial charge in [0.2, 0.25) is 10.0 Å². The van der Waals surface area contributed by atoms with Gasteiger partial charge in [0.1, 0.15) is 0 Å². The van der Waals surface area contributed by atoms with Gasteiger partial charge in [-0.1, -0.05) is 47.5 Å². The Bertz CT molecular complexity index is 1130. The molecule has 4 rings (SSSR count). The van der Waals surface area contributed by atoms with Crippen molar-refractivity contribution >= 4 is 56.1 Å². The van der Waals surface area contributed by atoms with E-state index in [1.54, 1.807) is 29.2 Å². The van der Waals surface area contributed by atoms with Gasteiger partial charge in [-0.15, -0.1) is 0 Å². The summed E-state index contributed by atoms with van der Waals surface area (Å²) < 4.78 is 27.2. The van der Waals surface area contributed by atoms with Crippen molar-refractivity contribution in [2.45, 2.75) is 29.9 Å². The monoisotopic (exact) mass is 511 g/mol. The van der Waals surface area contributed by atoms with E-state index in [1.165, 1.54) is 28.2 Å². The normalized spacial score (nSPS) is 17.4. The second-order valence-corrected chi connectivity index (χ2v) is 11.3. The third-order valence-electron chi connectivity index (χ3n) is 5.45. The molecule has 2 aromatic rings. The van der Waals surface area contributed by atoms with Gasteiger partial charge in [0, 0.05) is 31.0 Å². The van der Waals surface area contributed by atoms with Crippen molar-refractivity contribution in [2.24, 2.45) is 4.99 Å². The standard InChI is InChI=1S/C22H23Cl2N3O3S2/c23-19-9-4-16(14-20(19)24)15-31-22-25-10-13-27(22)21(28)17-5-7-18(8-6-17)32(29,30)26-11-2-1-3-12-26/h4-9,14H,1-3,10-13,15H2. The van der Waals surface area contributed by atoms with E-state index in [-0.39, 0.29) is 10.8 Å². The van der Waals surface area contributed by atoms with Crippen molar-refractivity contribution < 1.29 is 13.2 Å². The van der Waals surface area contributed by atoms with E-state index in [1.807, 2.05) is 6.07 Å². The van der Waals surface area contributed by atoms with Crippen molar-refractivity contribution in [3.8, 4) is 0 Å². The Morgan fingerprint density at radius 2 is 1.69 bits per heavy atom. The summed E-state index contributed by atoms with van der Waals surface area (Å²) in [5.41, 5.74) is 1.42. The Morgan fingerprint density at radius 3 is 2.38 bits per heavy atom. The highest BCUT2D eigenvalue weighted by Crippen LogP contribution is 2.27. The van der Waals surface area contributed by atoms with Gasteiger partial charge in [-0.25, -0.2) is 8.42 Å². The maximum Gasteiger partial charge on any atom is 0.259 e. The molecule has 6 nitrogen and oxygen atoms in total. The second-order valence-electron chi connectivity index (χ2n) is 7.65. The highest BCUT2D eigenvalue weighted by Gasteiger charge is 2.28. The summed E-state index contributed by atoms with van der Waals surface area (Å²) in [6.45, 7) is 2.13. The second kappa shape index (κ2) is 10.1. The molecule has 0 N–H and O–H groups in total. The molecule has 0 aromatic heterocycles. The van der Waals surface area contributed by atoms with Crippen molar-refractivity contribution in [3.05, 3.63) is 63.6 Å². The Labute approximate surface area is 202 Å². The molecule has 10 heteroatoms. The topological polar surface area (TPSA) is 70.1 Å². The van der Waals surface area contributed by atoms with Crippen LogP contribution >= 0.6 is 35.0 Å². The number of carbonyl (C=O) groups excluding carboxylic acids is 1. The molecule has 2 heterocycles. The van der Waals surface area contributed by atoms with Crippen LogP contribution in [0, 0.1) is 0 Å². The molecular weight excluding hydrogens is 489 g/mol. The molecule has 32 heavy (non-hydrogen) atoms. The summed E-state index contributed by atoms with van der Waals surface area (Å²) in [6.07, 6.45) is 2.82. The number of rotatable bonds is 5. The predicted molar refractivity (Wildman–Crippen MR) is 130 cm³/mol. The zero-order chi connectivity index (χ0) is 22.7. The van der Waals surface area contributed by atoms with Gasteiger partial charge in [-0.05, 0) is 54.8 Å². The van der Waals surface area contributed by atoms with E-state index in [4.69, 9.17) is 23.2 Å². The molecular formula is C22H23Cl2N3O3S2. The smallest absolute Gasteiger partial charge is 0.259 e. The number of sulfonamides is 1. The minimum Gasteiger partial charge on any atom is -0.286 e. The summed E-state index contributed by atoms with van der Waals surface area (Å²) in [6, 6.07) is 11.7. The molecule has 0 saturated carbocycles. The van der Waals surface area contributed by atoms with Crippen molar-refractivity contribution in [2.75, 3.05) is 26.2 Å². The van der Waals surface area contributed by atoms with E-state index in [2.05, 4.69) is 4.99 Å². The fraction of sp³-hybridized carbons (Fsp3) is 0.364. The summed E-state index contributed by atoms with van der Waals surface area (Å²) in [5, 5.41) is 1.64. The Kier molecular flexibility index (Phi) is 7.47. The average Bonchev–Trinajstić information content (AvgIpc) is 3.28. The summed E-state index contributed by atoms with van der Waals surface area (Å²) in [7, 11) is -3.52. The van der Waals surface area contributed by atoms with E-state index < -0.39 is 10.0 Å². The Balaban J connectivity index is 1.43. The lowest BCUT2D eigenvalue weighted by molar-refractivity contribution is 0.0860. The van der Waals surface area contributed by atoms with Gasteiger partial charge in [0.25, 0.3) is 5.91 Å². The number of hydrogen-bond acceptors (Lipinski definition) is 5. The quantitative estimate of drug-likeness (QED) is 0.571. The number of piperidine rings is 1. The van der Waals surface area contributed by atoms with Crippen molar-refractivity contribution in [1.29, 1.82) is 0 Å². The predicted octanol–water partition coefficient (Wildman–Crippen LogP) is 4.91. The number of benzene rings is 2. The van der Waals surface area contributed by atoms with Gasteiger partial charge in [-0.2, -0.15) is 4.31 Å². The first-order chi connectivity index (χ1) is 15.4. The van der Waals surface area contributed by atoms with Crippen LogP contribution < -0.4 is 0 Å². The largest absolute Gasteiger partial charge is 0.286 e. The molecule has 2 aliphatic rings. The highest BCUT2D eigenvalue weighted by molar-refractivity contribution is 8.13. The highest BCUT2D eigenvalue weighted by atomic mass is 35.5. The van der Waals surface area contributed by atoms with Gasteiger partial charge in [0.15, 0.2) is 5.17 Å². The molecule has 2 aromatic carbocycles. The average molecular weight is 512 g/mol. The zero-order valence-electron chi connectivity index (χ0n) is 17.3. The molecule has 170 valence electrons. The van der Waals surface area contributed by atoms with Crippen molar-refractivity contribution in [1.82, 2.24) is 9.21 Å². The minimum atomic E-state index is -3.52. The fourth-order valence-corrected chi connectivity index (χ4v) is 6.52. The van der Waals surface area contributed by atoms with E-state index in [9.17, 15) is 13.2 Å². The number of carbonyl (C=O) groups is 1. The summed E-state index contributed by atoms with van der Waals surface area (Å²) in [4.78, 5) is 19.4. The number of amides is 1. The van der Waals surface area contributed by atoms with Crippen LogP contribution in [0.4, 0.5) is 0 Å². The van der Waals surface area contributed by atoms with Crippen LogP contribution in [0.1, 0.15) is 35.2 Å². The molecule has 0 aliphatic carbocycles. The molecule has 1 saturated heterocycles. The van der Waals surface area contributed by atoms with Crippen LogP contribution in [0.3, 0.4) is 0 Å². The fourth-order valence-electron chi connectivity index (χ4n) is 3.70. The number of nitrogens with zero attached hydrogens (tertiary/aromatic N) is 3. The molecule has 2 aliphatic heterocycles. The van der Waals surface area contributed by atoms with Crippen LogP contribution in [-0.4, -0.2) is 54.9 Å². The van der Waals surface area contributed by atoms with E-state index in [0.29, 0.717) is 52.7 Å². The number of amidine groups is 1. The number of hydrogen-bond donors (Lipinski definition) is 0. The maximum absolute atomic E-state index is 13.1. The SMILES string of the molecule is O=C(c1ccc(S(=O)(=O)N2CCCCC2)cc1)N1CCN=C1SCc1ccc(Cl)c(Cl)c1. The first-order valence-electron chi connectivity index (χ1n) is 10.4. The van der Waals surface area contributed by atoms with Crippen molar-refractivity contribution in [3.63, 3.8) is 0 Å². The number of halogens is 2. The molecule has 0 spiro atoms. The zero-order valence-corrected chi connectivity index (χ0v) is 20.5. The Hall–Kier alpha value is -1.58. The Morgan fingerprint density at radius 1 is 0.969 bits per heavy atom. The third kappa shape index (κ3) is 5.15. The molecule has 1 fully saturated rings. The van der Waals surface area contributed by atoms with Crippen LogP contribution in [0.5, 0.6) is 0 Å². The lowest BCUT2D eigenvalue weighted by Gasteiger charge is -2.26. The van der Waals surface area contributed by atoms with Crippen LogP contribution in [0.2, 0.25) is 10.0 Å². The van der Waals surface area contributed by atoms with Gasteiger partial charge < -0.3 is 0 Å². The summed E-state index contributed by atoms with van der Waals surface area (Å²) in [5.74, 6) is 0.414. The van der Waals surface area contributed by atoms with E-state index >= 15 is 0 Å². The number of thioether (sulfide) groups is 1. The van der Waals surface area contributed by atoms with Gasteiger partial charge in [0.05, 0.1) is 21.5 Å². The molecule has 0 radical (unpaired) electrons. The molecule has 0 atom stereocenters. The molecule has 0 bridgehead atoms. The van der Waals surface area contributed by atoms with Gasteiger partial charge >= 0.3 is 0 Å². The molecule has 1 amide bonds. The number of aliphatic imine (C=N–C) groups is 1. The van der Waals surface area contributed by atoms with Gasteiger partial charge in [-0.3, -0.25) is 14.7 Å². The maximum atomic E-state index is 13.1. The minimum absolute atomic E-state index is 0.190. The first kappa shape index (κ1) is 23.6. The third-order valence-corrected chi connectivity index (χ3v) is 9.19. The van der Waals surface area contributed by atoms with E-state index in [0.717, 1.165) is 24.8 Å².